The second-order valence-electron chi connectivity index (χ2n) is 3.07. The topological polar surface area (TPSA) is 78.1 Å². The molecule has 1 amide bonds. The first-order valence-corrected chi connectivity index (χ1v) is 5.34. The van der Waals surface area contributed by atoms with Gasteiger partial charge in [-0.1, -0.05) is 11.3 Å². The summed E-state index contributed by atoms with van der Waals surface area (Å²) in [5.74, 6) is 0.414. The van der Waals surface area contributed by atoms with Crippen LogP contribution in [0.3, 0.4) is 0 Å². The number of aromatic nitrogens is 2. The van der Waals surface area contributed by atoms with Gasteiger partial charge in [0.05, 0.1) is 0 Å². The predicted octanol–water partition coefficient (Wildman–Crippen LogP) is 1.97. The zero-order valence-corrected chi connectivity index (χ0v) is 9.32. The minimum Gasteiger partial charge on any atom is -0.411 e. The van der Waals surface area contributed by atoms with E-state index in [9.17, 15) is 4.79 Å². The first-order chi connectivity index (χ1) is 7.65. The number of carbonyl (C=O) groups excluding carboxylic acids is 1. The highest BCUT2D eigenvalue weighted by Crippen LogP contribution is 2.24. The fraction of sp³-hybridized carbons (Fsp3) is 0.100. The van der Waals surface area contributed by atoms with Crippen LogP contribution in [0.25, 0.3) is 10.6 Å². The van der Waals surface area contributed by atoms with Gasteiger partial charge in [0.15, 0.2) is 0 Å². The molecule has 2 aromatic rings. The molecule has 1 aromatic carbocycles. The van der Waals surface area contributed by atoms with Crippen LogP contribution in [0.15, 0.2) is 24.3 Å². The molecule has 0 bridgehead atoms. The van der Waals surface area contributed by atoms with Gasteiger partial charge < -0.3 is 10.5 Å². The summed E-state index contributed by atoms with van der Waals surface area (Å²) < 4.78 is 4.72. The fourth-order valence-electron chi connectivity index (χ4n) is 1.19. The molecule has 0 radical (unpaired) electrons. The lowest BCUT2D eigenvalue weighted by Gasteiger charge is -2.00. The highest BCUT2D eigenvalue weighted by atomic mass is 32.1. The van der Waals surface area contributed by atoms with E-state index in [1.165, 1.54) is 11.3 Å². The maximum atomic E-state index is 10.5. The van der Waals surface area contributed by atoms with Gasteiger partial charge in [-0.3, -0.25) is 0 Å². The number of hydrogen-bond acceptors (Lipinski definition) is 5. The van der Waals surface area contributed by atoms with Crippen LogP contribution in [0, 0.1) is 6.92 Å². The Balaban J connectivity index is 2.22. The third-order valence-corrected chi connectivity index (χ3v) is 2.73. The van der Waals surface area contributed by atoms with Crippen LogP contribution in [0.4, 0.5) is 4.79 Å². The molecule has 0 aliphatic rings. The first kappa shape index (κ1) is 10.6. The van der Waals surface area contributed by atoms with Crippen LogP contribution in [-0.4, -0.2) is 16.3 Å². The summed E-state index contributed by atoms with van der Waals surface area (Å²) in [4.78, 5) is 10.5. The van der Waals surface area contributed by atoms with Crippen molar-refractivity contribution in [1.82, 2.24) is 10.2 Å². The quantitative estimate of drug-likeness (QED) is 0.863. The third-order valence-electron chi connectivity index (χ3n) is 1.85. The van der Waals surface area contributed by atoms with Crippen LogP contribution in [-0.2, 0) is 0 Å². The molecule has 1 heterocycles. The number of primary amides is 1. The van der Waals surface area contributed by atoms with Crippen LogP contribution in [0.5, 0.6) is 5.75 Å². The number of ether oxygens (including phenoxy) is 1. The molecular formula is C10H9N3O2S. The second kappa shape index (κ2) is 4.28. The van der Waals surface area contributed by atoms with Crippen LogP contribution in [0.1, 0.15) is 5.01 Å². The molecule has 0 saturated carbocycles. The minimum absolute atomic E-state index is 0.414. The van der Waals surface area contributed by atoms with Crippen molar-refractivity contribution in [2.45, 2.75) is 6.92 Å². The van der Waals surface area contributed by atoms with Gasteiger partial charge in [0, 0.05) is 5.56 Å². The SMILES string of the molecule is Cc1nnc(-c2ccc(OC(N)=O)cc2)s1. The lowest BCUT2D eigenvalue weighted by molar-refractivity contribution is 0.211. The van der Waals surface area contributed by atoms with Crippen LogP contribution < -0.4 is 10.5 Å². The molecule has 2 N–H and O–H groups in total. The molecule has 6 heteroatoms. The summed E-state index contributed by atoms with van der Waals surface area (Å²) in [6.07, 6.45) is -0.820. The van der Waals surface area contributed by atoms with Crippen molar-refractivity contribution in [3.8, 4) is 16.3 Å². The molecule has 0 aliphatic carbocycles. The minimum atomic E-state index is -0.820. The second-order valence-corrected chi connectivity index (χ2v) is 4.25. The van der Waals surface area contributed by atoms with E-state index in [1.807, 2.05) is 6.92 Å². The molecule has 1 aromatic heterocycles. The van der Waals surface area contributed by atoms with E-state index in [2.05, 4.69) is 10.2 Å². The normalized spacial score (nSPS) is 10.1. The Bertz CT molecular complexity index is 507. The van der Waals surface area contributed by atoms with Gasteiger partial charge in [-0.2, -0.15) is 0 Å². The average molecular weight is 235 g/mol. The Morgan fingerprint density at radius 2 is 2.00 bits per heavy atom. The van der Waals surface area contributed by atoms with Gasteiger partial charge in [0.1, 0.15) is 15.8 Å². The number of nitrogens with zero attached hydrogens (tertiary/aromatic N) is 2. The predicted molar refractivity (Wildman–Crippen MR) is 60.3 cm³/mol. The molecule has 0 atom stereocenters. The van der Waals surface area contributed by atoms with Crippen molar-refractivity contribution < 1.29 is 9.53 Å². The van der Waals surface area contributed by atoms with Crippen molar-refractivity contribution in [3.05, 3.63) is 29.3 Å². The van der Waals surface area contributed by atoms with Crippen molar-refractivity contribution in [2.75, 3.05) is 0 Å². The van der Waals surface area contributed by atoms with E-state index in [0.717, 1.165) is 15.6 Å². The number of nitrogens with two attached hydrogens (primary N) is 1. The Hall–Kier alpha value is -1.95. The zero-order chi connectivity index (χ0) is 11.5. The summed E-state index contributed by atoms with van der Waals surface area (Å²) in [6, 6.07) is 6.93. The fourth-order valence-corrected chi connectivity index (χ4v) is 1.89. The van der Waals surface area contributed by atoms with E-state index in [1.54, 1.807) is 24.3 Å². The summed E-state index contributed by atoms with van der Waals surface area (Å²) >= 11 is 1.51. The van der Waals surface area contributed by atoms with Gasteiger partial charge >= 0.3 is 6.09 Å². The lowest BCUT2D eigenvalue weighted by Crippen LogP contribution is -2.16. The number of rotatable bonds is 2. The molecule has 0 spiro atoms. The van der Waals surface area contributed by atoms with E-state index in [0.29, 0.717) is 5.75 Å². The van der Waals surface area contributed by atoms with Crippen molar-refractivity contribution in [3.63, 3.8) is 0 Å². The number of hydrogen-bond donors (Lipinski definition) is 1. The van der Waals surface area contributed by atoms with Gasteiger partial charge in [-0.05, 0) is 31.2 Å². The molecule has 16 heavy (non-hydrogen) atoms. The smallest absolute Gasteiger partial charge is 0.409 e. The maximum Gasteiger partial charge on any atom is 0.409 e. The Kier molecular flexibility index (Phi) is 2.82. The van der Waals surface area contributed by atoms with Crippen LogP contribution in [0.2, 0.25) is 0 Å². The zero-order valence-electron chi connectivity index (χ0n) is 8.51. The molecular weight excluding hydrogens is 226 g/mol. The van der Waals surface area contributed by atoms with Gasteiger partial charge in [-0.25, -0.2) is 4.79 Å². The molecule has 82 valence electrons. The Morgan fingerprint density at radius 1 is 1.31 bits per heavy atom. The molecule has 0 aliphatic heterocycles. The van der Waals surface area contributed by atoms with Crippen LogP contribution >= 0.6 is 11.3 Å². The Labute approximate surface area is 95.9 Å². The number of aryl methyl sites for hydroxylation is 1. The highest BCUT2D eigenvalue weighted by Gasteiger charge is 2.04. The van der Waals surface area contributed by atoms with E-state index in [-0.39, 0.29) is 0 Å². The molecule has 2 rings (SSSR count). The third kappa shape index (κ3) is 2.34. The van der Waals surface area contributed by atoms with Gasteiger partial charge in [-0.15, -0.1) is 10.2 Å². The molecule has 5 nitrogen and oxygen atoms in total. The summed E-state index contributed by atoms with van der Waals surface area (Å²) in [5, 5.41) is 9.69. The number of benzene rings is 1. The lowest BCUT2D eigenvalue weighted by atomic mass is 10.2. The number of amides is 1. The summed E-state index contributed by atoms with van der Waals surface area (Å²) in [7, 11) is 0. The largest absolute Gasteiger partial charge is 0.411 e. The van der Waals surface area contributed by atoms with E-state index >= 15 is 0 Å². The van der Waals surface area contributed by atoms with Gasteiger partial charge in [0.25, 0.3) is 0 Å². The number of carbonyl (C=O) groups is 1. The summed E-state index contributed by atoms with van der Waals surface area (Å²) in [5.41, 5.74) is 5.83. The molecule has 0 unspecified atom stereocenters. The van der Waals surface area contributed by atoms with Crippen molar-refractivity contribution in [1.29, 1.82) is 0 Å². The Morgan fingerprint density at radius 3 is 2.50 bits per heavy atom. The monoisotopic (exact) mass is 235 g/mol. The standard InChI is InChI=1S/C10H9N3O2S/c1-6-12-13-9(16-6)7-2-4-8(5-3-7)15-10(11)14/h2-5H,1H3,(H2,11,14). The molecule has 0 saturated heterocycles. The van der Waals surface area contributed by atoms with Crippen molar-refractivity contribution >= 4 is 17.4 Å². The molecule has 0 fully saturated rings. The highest BCUT2D eigenvalue weighted by molar-refractivity contribution is 7.14. The van der Waals surface area contributed by atoms with Crippen molar-refractivity contribution in [2.24, 2.45) is 5.73 Å². The summed E-state index contributed by atoms with van der Waals surface area (Å²) in [6.45, 7) is 1.89. The van der Waals surface area contributed by atoms with Gasteiger partial charge in [0.2, 0.25) is 0 Å². The first-order valence-electron chi connectivity index (χ1n) is 4.53. The average Bonchev–Trinajstić information content (AvgIpc) is 2.65. The maximum absolute atomic E-state index is 10.5. The van der Waals surface area contributed by atoms with E-state index < -0.39 is 6.09 Å². The van der Waals surface area contributed by atoms with E-state index in [4.69, 9.17) is 10.5 Å².